The number of hydrogen-bond donors (Lipinski definition) is 0. The Kier molecular flexibility index (Phi) is 5.69. The standard InChI is InChI=1S/C22H25FN4O3/c1-15-4-6-16(7-5-15)22-24-27(21(14-28)30-22)26-11-10-20(26)29-18-9-8-17(13-25(2)3)19(23)12-18/h4-9,12,14,20-21H,10-11,13H2,1-3H3. The lowest BCUT2D eigenvalue weighted by atomic mass is 10.1. The lowest BCUT2D eigenvalue weighted by molar-refractivity contribution is -0.218. The molecular weight excluding hydrogens is 387 g/mol. The van der Waals surface area contributed by atoms with E-state index in [1.54, 1.807) is 12.1 Å². The maximum atomic E-state index is 14.3. The van der Waals surface area contributed by atoms with Gasteiger partial charge in [-0.3, -0.25) is 4.79 Å². The van der Waals surface area contributed by atoms with Crippen LogP contribution in [0, 0.1) is 12.7 Å². The van der Waals surface area contributed by atoms with Gasteiger partial charge in [0.15, 0.2) is 12.5 Å². The highest BCUT2D eigenvalue weighted by molar-refractivity contribution is 5.95. The third-order valence-corrected chi connectivity index (χ3v) is 5.05. The van der Waals surface area contributed by atoms with Gasteiger partial charge in [0, 0.05) is 36.7 Å². The van der Waals surface area contributed by atoms with Crippen molar-refractivity contribution < 1.29 is 18.7 Å². The molecule has 158 valence electrons. The van der Waals surface area contributed by atoms with Gasteiger partial charge < -0.3 is 14.4 Å². The van der Waals surface area contributed by atoms with Crippen molar-refractivity contribution in [2.75, 3.05) is 20.6 Å². The van der Waals surface area contributed by atoms with Crippen molar-refractivity contribution in [2.45, 2.75) is 32.3 Å². The minimum absolute atomic E-state index is 0.304. The van der Waals surface area contributed by atoms with Crippen molar-refractivity contribution in [1.29, 1.82) is 0 Å². The van der Waals surface area contributed by atoms with Crippen molar-refractivity contribution in [3.63, 3.8) is 0 Å². The zero-order valence-corrected chi connectivity index (χ0v) is 17.3. The first kappa shape index (κ1) is 20.3. The molecule has 0 aromatic heterocycles. The molecule has 1 fully saturated rings. The normalized spacial score (nSPS) is 21.2. The van der Waals surface area contributed by atoms with Crippen LogP contribution < -0.4 is 4.74 Å². The Morgan fingerprint density at radius 3 is 2.63 bits per heavy atom. The molecular formula is C22H25FN4O3. The van der Waals surface area contributed by atoms with Crippen LogP contribution >= 0.6 is 0 Å². The summed E-state index contributed by atoms with van der Waals surface area (Å²) in [5, 5.41) is 7.80. The second-order valence-electron chi connectivity index (χ2n) is 7.75. The Hall–Kier alpha value is -2.97. The van der Waals surface area contributed by atoms with Gasteiger partial charge in [-0.05, 0) is 39.2 Å². The average Bonchev–Trinajstić information content (AvgIpc) is 3.11. The Morgan fingerprint density at radius 1 is 1.27 bits per heavy atom. The van der Waals surface area contributed by atoms with Gasteiger partial charge in [0.05, 0.1) is 0 Å². The molecule has 0 amide bonds. The van der Waals surface area contributed by atoms with Crippen molar-refractivity contribution in [3.8, 4) is 5.75 Å². The Morgan fingerprint density at radius 2 is 2.03 bits per heavy atom. The summed E-state index contributed by atoms with van der Waals surface area (Å²) >= 11 is 0. The van der Waals surface area contributed by atoms with E-state index >= 15 is 0 Å². The minimum atomic E-state index is -0.855. The lowest BCUT2D eigenvalue weighted by Gasteiger charge is -2.44. The smallest absolute Gasteiger partial charge is 0.260 e. The van der Waals surface area contributed by atoms with Crippen LogP contribution in [0.1, 0.15) is 23.1 Å². The molecule has 7 nitrogen and oxygen atoms in total. The number of benzene rings is 2. The predicted molar refractivity (Wildman–Crippen MR) is 110 cm³/mol. The van der Waals surface area contributed by atoms with E-state index in [1.807, 2.05) is 55.2 Å². The Balaban J connectivity index is 1.47. The van der Waals surface area contributed by atoms with Crippen molar-refractivity contribution in [3.05, 3.63) is 65.0 Å². The number of hydrazine groups is 1. The monoisotopic (exact) mass is 412 g/mol. The number of ether oxygens (including phenoxy) is 2. The summed E-state index contributed by atoms with van der Waals surface area (Å²) in [6.45, 7) is 3.17. The maximum Gasteiger partial charge on any atom is 0.260 e. The largest absolute Gasteiger partial charge is 0.473 e. The predicted octanol–water partition coefficient (Wildman–Crippen LogP) is 2.74. The van der Waals surface area contributed by atoms with Crippen LogP contribution in [0.4, 0.5) is 4.39 Å². The molecule has 2 aromatic rings. The summed E-state index contributed by atoms with van der Waals surface area (Å²) in [6, 6.07) is 12.6. The second-order valence-corrected chi connectivity index (χ2v) is 7.75. The third kappa shape index (κ3) is 4.15. The number of nitrogens with zero attached hydrogens (tertiary/aromatic N) is 4. The van der Waals surface area contributed by atoms with E-state index in [-0.39, 0.29) is 12.0 Å². The molecule has 2 atom stereocenters. The van der Waals surface area contributed by atoms with E-state index in [0.717, 1.165) is 17.5 Å². The molecule has 2 heterocycles. The van der Waals surface area contributed by atoms with Gasteiger partial charge in [-0.1, -0.05) is 23.8 Å². The molecule has 2 unspecified atom stereocenters. The first-order valence-corrected chi connectivity index (χ1v) is 9.88. The van der Waals surface area contributed by atoms with Gasteiger partial charge in [0.1, 0.15) is 11.6 Å². The van der Waals surface area contributed by atoms with Gasteiger partial charge in [-0.25, -0.2) is 4.39 Å². The molecule has 0 radical (unpaired) electrons. The van der Waals surface area contributed by atoms with E-state index in [4.69, 9.17) is 9.47 Å². The highest BCUT2D eigenvalue weighted by Gasteiger charge is 2.42. The average molecular weight is 412 g/mol. The van der Waals surface area contributed by atoms with Crippen LogP contribution in [-0.2, 0) is 16.1 Å². The molecule has 0 spiro atoms. The van der Waals surface area contributed by atoms with Gasteiger partial charge in [0.25, 0.3) is 6.23 Å². The Bertz CT molecular complexity index is 948. The summed E-state index contributed by atoms with van der Waals surface area (Å²) in [5.41, 5.74) is 2.53. The highest BCUT2D eigenvalue weighted by atomic mass is 19.1. The minimum Gasteiger partial charge on any atom is -0.473 e. The van der Waals surface area contributed by atoms with Crippen molar-refractivity contribution in [1.82, 2.24) is 15.0 Å². The molecule has 8 heteroatoms. The number of halogens is 1. The van der Waals surface area contributed by atoms with Crippen LogP contribution in [0.2, 0.25) is 0 Å². The van der Waals surface area contributed by atoms with E-state index < -0.39 is 6.23 Å². The first-order valence-electron chi connectivity index (χ1n) is 9.88. The molecule has 2 aliphatic heterocycles. The topological polar surface area (TPSA) is 57.6 Å². The third-order valence-electron chi connectivity index (χ3n) is 5.05. The fourth-order valence-corrected chi connectivity index (χ4v) is 3.37. The van der Waals surface area contributed by atoms with Crippen LogP contribution in [0.25, 0.3) is 0 Å². The van der Waals surface area contributed by atoms with E-state index in [2.05, 4.69) is 5.10 Å². The zero-order chi connectivity index (χ0) is 21.3. The number of carbonyl (C=O) groups is 1. The highest BCUT2D eigenvalue weighted by Crippen LogP contribution is 2.29. The summed E-state index contributed by atoms with van der Waals surface area (Å²) in [6.07, 6.45) is 0.233. The molecule has 2 aromatic carbocycles. The molecule has 0 N–H and O–H groups in total. The molecule has 0 bridgehead atoms. The summed E-state index contributed by atoms with van der Waals surface area (Å²) in [5.74, 6) is 0.522. The molecule has 1 saturated heterocycles. The maximum absolute atomic E-state index is 14.3. The van der Waals surface area contributed by atoms with Gasteiger partial charge in [0.2, 0.25) is 5.90 Å². The molecule has 30 heavy (non-hydrogen) atoms. The van der Waals surface area contributed by atoms with E-state index in [0.29, 0.717) is 36.6 Å². The van der Waals surface area contributed by atoms with Crippen LogP contribution in [-0.4, -0.2) is 60.3 Å². The SMILES string of the molecule is Cc1ccc(C2=NN(N3CCC3Oc3ccc(CN(C)C)c(F)c3)C(C=O)O2)cc1. The van der Waals surface area contributed by atoms with Crippen LogP contribution in [0.3, 0.4) is 0 Å². The second kappa shape index (κ2) is 8.41. The van der Waals surface area contributed by atoms with Crippen molar-refractivity contribution >= 4 is 12.2 Å². The van der Waals surface area contributed by atoms with Gasteiger partial charge in [-0.2, -0.15) is 10.1 Å². The Labute approximate surface area is 175 Å². The molecule has 4 rings (SSSR count). The summed E-state index contributed by atoms with van der Waals surface area (Å²) in [7, 11) is 3.78. The van der Waals surface area contributed by atoms with Gasteiger partial charge >= 0.3 is 0 Å². The fraction of sp³-hybridized carbons (Fsp3) is 0.364. The van der Waals surface area contributed by atoms with E-state index in [1.165, 1.54) is 11.2 Å². The molecule has 2 aliphatic rings. The summed E-state index contributed by atoms with van der Waals surface area (Å²) < 4.78 is 26.0. The molecule has 0 aliphatic carbocycles. The number of rotatable bonds is 7. The van der Waals surface area contributed by atoms with Crippen molar-refractivity contribution in [2.24, 2.45) is 5.10 Å². The number of aldehydes is 1. The zero-order valence-electron chi connectivity index (χ0n) is 17.3. The van der Waals surface area contributed by atoms with Gasteiger partial charge in [-0.15, -0.1) is 5.10 Å². The molecule has 0 saturated carbocycles. The number of hydrazone groups is 1. The summed E-state index contributed by atoms with van der Waals surface area (Å²) in [4.78, 5) is 13.5. The lowest BCUT2D eigenvalue weighted by Crippen LogP contribution is -2.60. The van der Waals surface area contributed by atoms with Crippen LogP contribution in [0.5, 0.6) is 5.75 Å². The van der Waals surface area contributed by atoms with Crippen LogP contribution in [0.15, 0.2) is 47.6 Å². The fourth-order valence-electron chi connectivity index (χ4n) is 3.37. The number of carbonyl (C=O) groups excluding carboxylic acids is 1. The number of hydrogen-bond acceptors (Lipinski definition) is 7. The quantitative estimate of drug-likeness (QED) is 0.652. The number of aryl methyl sites for hydroxylation is 1. The van der Waals surface area contributed by atoms with E-state index in [9.17, 15) is 9.18 Å². The first-order chi connectivity index (χ1) is 14.4.